The Morgan fingerprint density at radius 3 is 1.57 bits per heavy atom. The smallest absolute Gasteiger partial charge is 0.0474 e. The highest BCUT2D eigenvalue weighted by molar-refractivity contribution is 6.30. The number of rotatable bonds is 3. The molecule has 2 nitrogen and oxygen atoms in total. The Hall–Kier alpha value is -1.38. The molecule has 0 saturated carbocycles. The van der Waals surface area contributed by atoms with Crippen LogP contribution >= 0.6 is 23.2 Å². The number of nitrogens with zero attached hydrogens (tertiary/aromatic N) is 2. The van der Waals surface area contributed by atoms with Gasteiger partial charge < -0.3 is 9.80 Å². The van der Waals surface area contributed by atoms with E-state index < -0.39 is 0 Å². The van der Waals surface area contributed by atoms with Gasteiger partial charge in [0.05, 0.1) is 0 Å². The molecule has 1 heterocycles. The van der Waals surface area contributed by atoms with Gasteiger partial charge in [0, 0.05) is 48.5 Å². The molecule has 0 aliphatic carbocycles. The maximum absolute atomic E-state index is 5.94. The molecule has 0 bridgehead atoms. The number of piperazine rings is 1. The summed E-state index contributed by atoms with van der Waals surface area (Å²) >= 11 is 11.8. The minimum Gasteiger partial charge on any atom is -0.368 e. The van der Waals surface area contributed by atoms with Crippen molar-refractivity contribution >= 4 is 34.6 Å². The van der Waals surface area contributed by atoms with E-state index in [4.69, 9.17) is 23.2 Å². The Balaban J connectivity index is 1.62. The van der Waals surface area contributed by atoms with E-state index in [0.29, 0.717) is 5.88 Å². The van der Waals surface area contributed by atoms with Crippen LogP contribution in [-0.2, 0) is 5.88 Å². The first-order valence-corrected chi connectivity index (χ1v) is 8.08. The lowest BCUT2D eigenvalue weighted by molar-refractivity contribution is 0.653. The van der Waals surface area contributed by atoms with E-state index in [0.717, 1.165) is 31.2 Å². The molecule has 1 aliphatic rings. The van der Waals surface area contributed by atoms with Crippen LogP contribution in [0.4, 0.5) is 11.4 Å². The molecule has 1 aliphatic heterocycles. The highest BCUT2D eigenvalue weighted by Gasteiger charge is 2.17. The molecule has 0 unspecified atom stereocenters. The van der Waals surface area contributed by atoms with Gasteiger partial charge in [-0.3, -0.25) is 0 Å². The number of hydrogen-bond donors (Lipinski definition) is 0. The van der Waals surface area contributed by atoms with Gasteiger partial charge in [-0.15, -0.1) is 11.6 Å². The second-order valence-corrected chi connectivity index (χ2v) is 5.95. The van der Waals surface area contributed by atoms with Crippen LogP contribution in [0.15, 0.2) is 48.5 Å². The quantitative estimate of drug-likeness (QED) is 0.773. The van der Waals surface area contributed by atoms with Gasteiger partial charge in [-0.2, -0.15) is 0 Å². The van der Waals surface area contributed by atoms with Crippen LogP contribution in [0.1, 0.15) is 5.56 Å². The summed E-state index contributed by atoms with van der Waals surface area (Å²) in [5.74, 6) is 0.574. The van der Waals surface area contributed by atoms with Gasteiger partial charge in [0.2, 0.25) is 0 Å². The van der Waals surface area contributed by atoms with Crippen LogP contribution in [-0.4, -0.2) is 26.2 Å². The van der Waals surface area contributed by atoms with Crippen molar-refractivity contribution in [2.24, 2.45) is 0 Å². The van der Waals surface area contributed by atoms with Gasteiger partial charge in [-0.05, 0) is 42.0 Å². The van der Waals surface area contributed by atoms with E-state index in [2.05, 4.69) is 46.2 Å². The largest absolute Gasteiger partial charge is 0.368 e. The van der Waals surface area contributed by atoms with E-state index in [9.17, 15) is 0 Å². The lowest BCUT2D eigenvalue weighted by Crippen LogP contribution is -2.46. The average Bonchev–Trinajstić information content (AvgIpc) is 2.56. The molecule has 21 heavy (non-hydrogen) atoms. The van der Waals surface area contributed by atoms with E-state index in [1.54, 1.807) is 0 Å². The number of benzene rings is 2. The van der Waals surface area contributed by atoms with Crippen molar-refractivity contribution in [3.05, 3.63) is 59.1 Å². The van der Waals surface area contributed by atoms with Crippen molar-refractivity contribution in [2.45, 2.75) is 5.88 Å². The standard InChI is InChI=1S/C17H18Cl2N2/c18-13-14-1-5-16(6-2-14)20-9-11-21(12-10-20)17-7-3-15(19)4-8-17/h1-8H,9-13H2. The third-order valence-corrected chi connectivity index (χ3v) is 4.49. The zero-order chi connectivity index (χ0) is 14.7. The molecule has 1 fully saturated rings. The van der Waals surface area contributed by atoms with Gasteiger partial charge in [0.25, 0.3) is 0 Å². The van der Waals surface area contributed by atoms with Gasteiger partial charge >= 0.3 is 0 Å². The predicted octanol–water partition coefficient (Wildman–Crippen LogP) is 4.41. The van der Waals surface area contributed by atoms with E-state index in [1.807, 2.05) is 12.1 Å². The Kier molecular flexibility index (Phi) is 4.57. The van der Waals surface area contributed by atoms with E-state index in [-0.39, 0.29) is 0 Å². The third-order valence-electron chi connectivity index (χ3n) is 3.93. The molecule has 0 radical (unpaired) electrons. The van der Waals surface area contributed by atoms with Crippen molar-refractivity contribution in [3.8, 4) is 0 Å². The fourth-order valence-corrected chi connectivity index (χ4v) is 2.97. The first kappa shape index (κ1) is 14.6. The molecule has 2 aromatic rings. The minimum absolute atomic E-state index is 0.574. The van der Waals surface area contributed by atoms with Crippen molar-refractivity contribution < 1.29 is 0 Å². The summed E-state index contributed by atoms with van der Waals surface area (Å²) in [5, 5.41) is 0.789. The maximum Gasteiger partial charge on any atom is 0.0474 e. The highest BCUT2D eigenvalue weighted by Crippen LogP contribution is 2.22. The topological polar surface area (TPSA) is 6.48 Å². The molecule has 0 spiro atoms. The number of alkyl halides is 1. The van der Waals surface area contributed by atoms with Crippen LogP contribution in [0.3, 0.4) is 0 Å². The molecular weight excluding hydrogens is 303 g/mol. The molecule has 0 atom stereocenters. The number of halogens is 2. The lowest BCUT2D eigenvalue weighted by atomic mass is 10.2. The van der Waals surface area contributed by atoms with E-state index >= 15 is 0 Å². The highest BCUT2D eigenvalue weighted by atomic mass is 35.5. The average molecular weight is 321 g/mol. The molecule has 2 aromatic carbocycles. The van der Waals surface area contributed by atoms with Crippen LogP contribution in [0.5, 0.6) is 0 Å². The first-order valence-electron chi connectivity index (χ1n) is 7.16. The molecule has 1 saturated heterocycles. The van der Waals surface area contributed by atoms with Crippen LogP contribution in [0.25, 0.3) is 0 Å². The fraction of sp³-hybridized carbons (Fsp3) is 0.294. The summed E-state index contributed by atoms with van der Waals surface area (Å²) in [6.07, 6.45) is 0. The van der Waals surface area contributed by atoms with Crippen molar-refractivity contribution in [1.29, 1.82) is 0 Å². The minimum atomic E-state index is 0.574. The Morgan fingerprint density at radius 2 is 1.14 bits per heavy atom. The Labute approximate surface area is 135 Å². The molecular formula is C17H18Cl2N2. The van der Waals surface area contributed by atoms with Gasteiger partial charge in [-0.25, -0.2) is 0 Å². The second kappa shape index (κ2) is 6.59. The van der Waals surface area contributed by atoms with Gasteiger partial charge in [-0.1, -0.05) is 23.7 Å². The number of hydrogen-bond acceptors (Lipinski definition) is 2. The monoisotopic (exact) mass is 320 g/mol. The molecule has 4 heteroatoms. The number of anilines is 2. The third kappa shape index (κ3) is 3.45. The summed E-state index contributed by atoms with van der Waals surface area (Å²) in [5.41, 5.74) is 3.69. The zero-order valence-electron chi connectivity index (χ0n) is 11.8. The van der Waals surface area contributed by atoms with Gasteiger partial charge in [0.15, 0.2) is 0 Å². The van der Waals surface area contributed by atoms with Crippen LogP contribution < -0.4 is 9.80 Å². The Bertz CT molecular complexity index is 573. The summed E-state index contributed by atoms with van der Waals surface area (Å²) in [6, 6.07) is 16.6. The second-order valence-electron chi connectivity index (χ2n) is 5.25. The van der Waals surface area contributed by atoms with Crippen LogP contribution in [0, 0.1) is 0 Å². The molecule has 0 amide bonds. The normalized spacial score (nSPS) is 15.3. The maximum atomic E-state index is 5.94. The predicted molar refractivity (Wildman–Crippen MR) is 91.9 cm³/mol. The van der Waals surface area contributed by atoms with Crippen molar-refractivity contribution in [2.75, 3.05) is 36.0 Å². The Morgan fingerprint density at radius 1 is 0.714 bits per heavy atom. The fourth-order valence-electron chi connectivity index (χ4n) is 2.67. The summed E-state index contributed by atoms with van der Waals surface area (Å²) < 4.78 is 0. The zero-order valence-corrected chi connectivity index (χ0v) is 13.3. The van der Waals surface area contributed by atoms with Crippen LogP contribution in [0.2, 0.25) is 5.02 Å². The van der Waals surface area contributed by atoms with Gasteiger partial charge in [0.1, 0.15) is 0 Å². The molecule has 110 valence electrons. The lowest BCUT2D eigenvalue weighted by Gasteiger charge is -2.37. The summed E-state index contributed by atoms with van der Waals surface area (Å²) in [7, 11) is 0. The van der Waals surface area contributed by atoms with E-state index in [1.165, 1.54) is 16.9 Å². The first-order chi connectivity index (χ1) is 10.3. The van der Waals surface area contributed by atoms with Crippen molar-refractivity contribution in [3.63, 3.8) is 0 Å². The molecule has 3 rings (SSSR count). The summed E-state index contributed by atoms with van der Waals surface area (Å²) in [6.45, 7) is 4.11. The summed E-state index contributed by atoms with van der Waals surface area (Å²) in [4.78, 5) is 4.82. The molecule has 0 aromatic heterocycles. The molecule has 0 N–H and O–H groups in total. The SMILES string of the molecule is ClCc1ccc(N2CCN(c3ccc(Cl)cc3)CC2)cc1. The van der Waals surface area contributed by atoms with Crippen molar-refractivity contribution in [1.82, 2.24) is 0 Å².